The molecule has 0 fully saturated rings. The SMILES string of the molecule is CC(=O)Nc1nc2ccc(C)c(NCc3cnc(Cl)s3)c2s1. The van der Waals surface area contributed by atoms with E-state index in [1.165, 1.54) is 29.6 Å². The smallest absolute Gasteiger partial charge is 0.223 e. The zero-order chi connectivity index (χ0) is 15.7. The molecule has 0 atom stereocenters. The molecule has 22 heavy (non-hydrogen) atoms. The minimum absolute atomic E-state index is 0.121. The highest BCUT2D eigenvalue weighted by Crippen LogP contribution is 2.35. The largest absolute Gasteiger partial charge is 0.379 e. The lowest BCUT2D eigenvalue weighted by Crippen LogP contribution is -2.04. The molecule has 3 aromatic rings. The van der Waals surface area contributed by atoms with E-state index in [1.807, 2.05) is 19.1 Å². The third kappa shape index (κ3) is 3.21. The number of anilines is 2. The van der Waals surface area contributed by atoms with Crippen molar-refractivity contribution in [3.05, 3.63) is 33.2 Å². The molecule has 2 N–H and O–H groups in total. The topological polar surface area (TPSA) is 66.9 Å². The number of aromatic nitrogens is 2. The Balaban J connectivity index is 1.91. The van der Waals surface area contributed by atoms with E-state index in [2.05, 4.69) is 20.6 Å². The van der Waals surface area contributed by atoms with E-state index in [-0.39, 0.29) is 5.91 Å². The number of rotatable bonds is 4. The minimum atomic E-state index is -0.121. The third-order valence-electron chi connectivity index (χ3n) is 3.01. The summed E-state index contributed by atoms with van der Waals surface area (Å²) < 4.78 is 1.57. The molecule has 114 valence electrons. The highest BCUT2D eigenvalue weighted by molar-refractivity contribution is 7.23. The van der Waals surface area contributed by atoms with Crippen LogP contribution in [0.25, 0.3) is 10.2 Å². The Bertz CT molecular complexity index is 843. The van der Waals surface area contributed by atoms with Crippen LogP contribution < -0.4 is 10.6 Å². The molecule has 0 aliphatic rings. The van der Waals surface area contributed by atoms with E-state index in [1.54, 1.807) is 6.20 Å². The van der Waals surface area contributed by atoms with Crippen molar-refractivity contribution < 1.29 is 4.79 Å². The summed E-state index contributed by atoms with van der Waals surface area (Å²) in [5.41, 5.74) is 3.02. The summed E-state index contributed by atoms with van der Waals surface area (Å²) >= 11 is 8.77. The highest BCUT2D eigenvalue weighted by Gasteiger charge is 2.12. The molecule has 0 saturated heterocycles. The van der Waals surface area contributed by atoms with Crippen molar-refractivity contribution in [3.8, 4) is 0 Å². The summed E-state index contributed by atoms with van der Waals surface area (Å²) in [6, 6.07) is 3.98. The fourth-order valence-corrected chi connectivity index (χ4v) is 4.06. The average Bonchev–Trinajstić information content (AvgIpc) is 3.03. The molecular weight excluding hydrogens is 340 g/mol. The predicted molar refractivity (Wildman–Crippen MR) is 93.1 cm³/mol. The zero-order valence-corrected chi connectivity index (χ0v) is 14.3. The summed E-state index contributed by atoms with van der Waals surface area (Å²) in [5.74, 6) is -0.121. The van der Waals surface area contributed by atoms with Gasteiger partial charge in [0.2, 0.25) is 5.91 Å². The molecule has 0 bridgehead atoms. The van der Waals surface area contributed by atoms with Crippen LogP contribution in [0.1, 0.15) is 17.4 Å². The number of carbonyl (C=O) groups is 1. The van der Waals surface area contributed by atoms with Gasteiger partial charge in [-0.05, 0) is 18.6 Å². The molecule has 2 aromatic heterocycles. The maximum Gasteiger partial charge on any atom is 0.223 e. The Hall–Kier alpha value is -1.70. The van der Waals surface area contributed by atoms with Crippen LogP contribution in [0.2, 0.25) is 4.47 Å². The van der Waals surface area contributed by atoms with Crippen LogP contribution in [-0.2, 0) is 11.3 Å². The Morgan fingerprint density at radius 1 is 1.36 bits per heavy atom. The first kappa shape index (κ1) is 15.2. The van der Waals surface area contributed by atoms with Crippen molar-refractivity contribution in [2.75, 3.05) is 10.6 Å². The Labute approximate surface area is 140 Å². The van der Waals surface area contributed by atoms with Crippen molar-refractivity contribution in [3.63, 3.8) is 0 Å². The summed E-state index contributed by atoms with van der Waals surface area (Å²) in [6.45, 7) is 4.17. The zero-order valence-electron chi connectivity index (χ0n) is 11.9. The van der Waals surface area contributed by atoms with Gasteiger partial charge in [0.05, 0.1) is 22.4 Å². The van der Waals surface area contributed by atoms with Crippen molar-refractivity contribution in [1.82, 2.24) is 9.97 Å². The lowest BCUT2D eigenvalue weighted by Gasteiger charge is -2.09. The molecule has 8 heteroatoms. The van der Waals surface area contributed by atoms with Gasteiger partial charge in [0.15, 0.2) is 9.60 Å². The molecule has 1 amide bonds. The molecule has 2 heterocycles. The number of benzene rings is 1. The fourth-order valence-electron chi connectivity index (χ4n) is 2.05. The highest BCUT2D eigenvalue weighted by atomic mass is 35.5. The maximum absolute atomic E-state index is 11.2. The Morgan fingerprint density at radius 2 is 2.18 bits per heavy atom. The molecule has 3 rings (SSSR count). The molecule has 0 aliphatic carbocycles. The van der Waals surface area contributed by atoms with Crippen molar-refractivity contribution in [2.45, 2.75) is 20.4 Å². The number of nitrogens with zero attached hydrogens (tertiary/aromatic N) is 2. The maximum atomic E-state index is 11.2. The normalized spacial score (nSPS) is 10.9. The Morgan fingerprint density at radius 3 is 2.86 bits per heavy atom. The van der Waals surface area contributed by atoms with Crippen LogP contribution in [-0.4, -0.2) is 15.9 Å². The van der Waals surface area contributed by atoms with E-state index < -0.39 is 0 Å². The summed E-state index contributed by atoms with van der Waals surface area (Å²) in [4.78, 5) is 20.7. The predicted octanol–water partition coefficient (Wildman–Crippen LogP) is 4.29. The number of fused-ring (bicyclic) bond motifs is 1. The molecule has 0 radical (unpaired) electrons. The standard InChI is InChI=1S/C14H13ClN4OS2/c1-7-3-4-10-12(22-14(19-10)18-8(2)20)11(7)16-5-9-6-17-13(15)21-9/h3-4,6,16H,5H2,1-2H3,(H,18,19,20). The number of nitrogens with one attached hydrogen (secondary N) is 2. The van der Waals surface area contributed by atoms with Gasteiger partial charge in [0.1, 0.15) is 0 Å². The second-order valence-corrected chi connectivity index (χ2v) is 7.44. The van der Waals surface area contributed by atoms with Gasteiger partial charge in [0.25, 0.3) is 0 Å². The van der Waals surface area contributed by atoms with E-state index in [0.717, 1.165) is 26.3 Å². The minimum Gasteiger partial charge on any atom is -0.379 e. The molecule has 0 spiro atoms. The summed E-state index contributed by atoms with van der Waals surface area (Å²) in [7, 11) is 0. The molecule has 0 unspecified atom stereocenters. The van der Waals surface area contributed by atoms with Gasteiger partial charge in [-0.3, -0.25) is 4.79 Å². The lowest BCUT2D eigenvalue weighted by molar-refractivity contribution is -0.114. The van der Waals surface area contributed by atoms with Gasteiger partial charge in [-0.2, -0.15) is 0 Å². The number of aryl methyl sites for hydroxylation is 1. The summed E-state index contributed by atoms with van der Waals surface area (Å²) in [5, 5.41) is 6.76. The van der Waals surface area contributed by atoms with Gasteiger partial charge in [-0.1, -0.05) is 29.0 Å². The van der Waals surface area contributed by atoms with Gasteiger partial charge in [0, 0.05) is 18.0 Å². The monoisotopic (exact) mass is 352 g/mol. The number of thiazole rings is 2. The lowest BCUT2D eigenvalue weighted by atomic mass is 10.2. The van der Waals surface area contributed by atoms with Gasteiger partial charge < -0.3 is 10.6 Å². The van der Waals surface area contributed by atoms with Crippen LogP contribution in [0.4, 0.5) is 10.8 Å². The first-order valence-electron chi connectivity index (χ1n) is 6.55. The number of hydrogen-bond acceptors (Lipinski definition) is 6. The van der Waals surface area contributed by atoms with Crippen LogP contribution >= 0.6 is 34.3 Å². The van der Waals surface area contributed by atoms with Crippen LogP contribution in [0.5, 0.6) is 0 Å². The third-order valence-corrected chi connectivity index (χ3v) is 5.13. The van der Waals surface area contributed by atoms with Gasteiger partial charge in [-0.15, -0.1) is 11.3 Å². The van der Waals surface area contributed by atoms with E-state index in [0.29, 0.717) is 16.1 Å². The van der Waals surface area contributed by atoms with E-state index in [9.17, 15) is 4.79 Å². The van der Waals surface area contributed by atoms with E-state index in [4.69, 9.17) is 11.6 Å². The fraction of sp³-hybridized carbons (Fsp3) is 0.214. The Kier molecular flexibility index (Phi) is 4.28. The van der Waals surface area contributed by atoms with Crippen LogP contribution in [0, 0.1) is 6.92 Å². The van der Waals surface area contributed by atoms with Crippen molar-refractivity contribution >= 4 is 61.2 Å². The second kappa shape index (κ2) is 6.20. The van der Waals surface area contributed by atoms with Crippen molar-refractivity contribution in [1.29, 1.82) is 0 Å². The van der Waals surface area contributed by atoms with Gasteiger partial charge in [-0.25, -0.2) is 9.97 Å². The first-order chi connectivity index (χ1) is 10.5. The first-order valence-corrected chi connectivity index (χ1v) is 8.56. The van der Waals surface area contributed by atoms with E-state index >= 15 is 0 Å². The van der Waals surface area contributed by atoms with Crippen LogP contribution in [0.3, 0.4) is 0 Å². The summed E-state index contributed by atoms with van der Waals surface area (Å²) in [6.07, 6.45) is 1.77. The molecule has 5 nitrogen and oxygen atoms in total. The average molecular weight is 353 g/mol. The number of hydrogen-bond donors (Lipinski definition) is 2. The number of amides is 1. The molecular formula is C14H13ClN4OS2. The number of carbonyl (C=O) groups excluding carboxylic acids is 1. The quantitative estimate of drug-likeness (QED) is 0.735. The molecule has 0 saturated carbocycles. The molecule has 0 aliphatic heterocycles. The van der Waals surface area contributed by atoms with Gasteiger partial charge >= 0.3 is 0 Å². The van der Waals surface area contributed by atoms with Crippen LogP contribution in [0.15, 0.2) is 18.3 Å². The second-order valence-electron chi connectivity index (χ2n) is 4.74. The van der Waals surface area contributed by atoms with Crippen molar-refractivity contribution in [2.24, 2.45) is 0 Å². The number of halogens is 1. The molecule has 1 aromatic carbocycles.